The first-order valence-corrected chi connectivity index (χ1v) is 7.26. The van der Waals surface area contributed by atoms with Gasteiger partial charge in [-0.25, -0.2) is 0 Å². The fourth-order valence-corrected chi connectivity index (χ4v) is 2.22. The number of hydrogen-bond donors (Lipinski definition) is 1. The molecule has 4 heteroatoms. The predicted octanol–water partition coefficient (Wildman–Crippen LogP) is 4.67. The summed E-state index contributed by atoms with van der Waals surface area (Å²) >= 11 is 12.2. The summed E-state index contributed by atoms with van der Waals surface area (Å²) in [5.41, 5.74) is 1.03. The normalized spacial score (nSPS) is 10.7. The van der Waals surface area contributed by atoms with Crippen molar-refractivity contribution in [2.24, 2.45) is 0 Å². The van der Waals surface area contributed by atoms with Crippen LogP contribution in [0.25, 0.3) is 0 Å². The van der Waals surface area contributed by atoms with Crippen LogP contribution in [-0.4, -0.2) is 13.2 Å². The van der Waals surface area contributed by atoms with Crippen LogP contribution in [0.1, 0.15) is 38.7 Å². The Kier molecular flexibility index (Phi) is 7.48. The molecule has 0 aromatic heterocycles. The van der Waals surface area contributed by atoms with E-state index in [0.29, 0.717) is 16.7 Å². The van der Waals surface area contributed by atoms with Crippen molar-refractivity contribution in [2.75, 3.05) is 13.2 Å². The minimum atomic E-state index is 0.590. The number of halogens is 2. The maximum absolute atomic E-state index is 6.19. The van der Waals surface area contributed by atoms with E-state index in [2.05, 4.69) is 19.2 Å². The van der Waals surface area contributed by atoms with Gasteiger partial charge in [-0.15, -0.1) is 0 Å². The Balaban J connectivity index is 2.76. The lowest BCUT2D eigenvalue weighted by atomic mass is 10.2. The van der Waals surface area contributed by atoms with Crippen LogP contribution >= 0.6 is 23.2 Å². The molecule has 0 aliphatic carbocycles. The van der Waals surface area contributed by atoms with Gasteiger partial charge in [-0.2, -0.15) is 0 Å². The second-order valence-corrected chi connectivity index (χ2v) is 5.10. The summed E-state index contributed by atoms with van der Waals surface area (Å²) in [6, 6.07) is 3.64. The van der Waals surface area contributed by atoms with E-state index in [-0.39, 0.29) is 0 Å². The molecule has 0 aliphatic rings. The Morgan fingerprint density at radius 2 is 1.94 bits per heavy atom. The Hall–Kier alpha value is -0.440. The van der Waals surface area contributed by atoms with E-state index < -0.39 is 0 Å². The average molecular weight is 290 g/mol. The van der Waals surface area contributed by atoms with Crippen molar-refractivity contribution in [3.8, 4) is 5.75 Å². The summed E-state index contributed by atoms with van der Waals surface area (Å²) in [6.45, 7) is 6.67. The van der Waals surface area contributed by atoms with Crippen LogP contribution < -0.4 is 10.1 Å². The van der Waals surface area contributed by atoms with E-state index in [1.807, 2.05) is 6.07 Å². The summed E-state index contributed by atoms with van der Waals surface area (Å²) < 4.78 is 5.76. The van der Waals surface area contributed by atoms with Crippen LogP contribution in [0.15, 0.2) is 12.1 Å². The van der Waals surface area contributed by atoms with E-state index in [4.69, 9.17) is 27.9 Å². The summed E-state index contributed by atoms with van der Waals surface area (Å²) in [4.78, 5) is 0. The third kappa shape index (κ3) is 5.05. The molecule has 0 unspecified atom stereocenters. The first kappa shape index (κ1) is 15.6. The van der Waals surface area contributed by atoms with Gasteiger partial charge in [-0.1, -0.05) is 43.5 Å². The number of benzene rings is 1. The van der Waals surface area contributed by atoms with Gasteiger partial charge in [0.2, 0.25) is 0 Å². The van der Waals surface area contributed by atoms with E-state index in [0.717, 1.165) is 43.7 Å². The second kappa shape index (κ2) is 8.63. The van der Waals surface area contributed by atoms with Crippen molar-refractivity contribution in [1.29, 1.82) is 0 Å². The van der Waals surface area contributed by atoms with E-state index in [1.54, 1.807) is 6.07 Å². The number of rotatable bonds is 8. The highest BCUT2D eigenvalue weighted by Crippen LogP contribution is 2.32. The van der Waals surface area contributed by atoms with Gasteiger partial charge >= 0.3 is 0 Å². The van der Waals surface area contributed by atoms with Crippen LogP contribution in [0.2, 0.25) is 10.0 Å². The zero-order valence-corrected chi connectivity index (χ0v) is 12.6. The molecule has 0 radical (unpaired) electrons. The molecule has 0 fully saturated rings. The molecule has 1 aromatic rings. The van der Waals surface area contributed by atoms with Gasteiger partial charge < -0.3 is 10.1 Å². The van der Waals surface area contributed by atoms with Gasteiger partial charge in [0, 0.05) is 17.1 Å². The minimum Gasteiger partial charge on any atom is -0.492 e. The fraction of sp³-hybridized carbons (Fsp3) is 0.571. The average Bonchev–Trinajstić information content (AvgIpc) is 2.32. The standard InChI is InChI=1S/C14H21Cl2NO/c1-3-5-7-18-14-11(10-17-6-4-2)8-12(15)9-13(14)16/h8-9,17H,3-7,10H2,1-2H3. The maximum atomic E-state index is 6.19. The second-order valence-electron chi connectivity index (χ2n) is 4.25. The van der Waals surface area contributed by atoms with Crippen LogP contribution in [0, 0.1) is 0 Å². The van der Waals surface area contributed by atoms with Crippen LogP contribution in [0.4, 0.5) is 0 Å². The van der Waals surface area contributed by atoms with Crippen molar-refractivity contribution in [1.82, 2.24) is 5.32 Å². The van der Waals surface area contributed by atoms with E-state index in [9.17, 15) is 0 Å². The molecule has 1 N–H and O–H groups in total. The SMILES string of the molecule is CCCCOc1c(Cl)cc(Cl)cc1CNCCC. The predicted molar refractivity (Wildman–Crippen MR) is 78.9 cm³/mol. The van der Waals surface area contributed by atoms with Gasteiger partial charge in [0.25, 0.3) is 0 Å². The summed E-state index contributed by atoms with van der Waals surface area (Å²) in [5, 5.41) is 4.58. The number of unbranched alkanes of at least 4 members (excludes halogenated alkanes) is 1. The maximum Gasteiger partial charge on any atom is 0.142 e. The lowest BCUT2D eigenvalue weighted by Crippen LogP contribution is -2.15. The van der Waals surface area contributed by atoms with E-state index in [1.165, 1.54) is 0 Å². The van der Waals surface area contributed by atoms with Gasteiger partial charge in [0.15, 0.2) is 0 Å². The topological polar surface area (TPSA) is 21.3 Å². The minimum absolute atomic E-state index is 0.590. The smallest absolute Gasteiger partial charge is 0.142 e. The van der Waals surface area contributed by atoms with Gasteiger partial charge in [0.05, 0.1) is 11.6 Å². The molecule has 1 aromatic carbocycles. The van der Waals surface area contributed by atoms with Crippen molar-refractivity contribution >= 4 is 23.2 Å². The molecule has 18 heavy (non-hydrogen) atoms. The molecule has 0 heterocycles. The molecule has 102 valence electrons. The molecule has 2 nitrogen and oxygen atoms in total. The quantitative estimate of drug-likeness (QED) is 0.702. The summed E-state index contributed by atoms with van der Waals surface area (Å²) in [5.74, 6) is 0.762. The van der Waals surface area contributed by atoms with Gasteiger partial charge in [-0.3, -0.25) is 0 Å². The lowest BCUT2D eigenvalue weighted by Gasteiger charge is -2.14. The molecule has 0 saturated carbocycles. The Morgan fingerprint density at radius 1 is 1.17 bits per heavy atom. The molecule has 0 atom stereocenters. The third-order valence-corrected chi connectivity index (χ3v) is 3.07. The molecule has 0 aliphatic heterocycles. The largest absolute Gasteiger partial charge is 0.492 e. The number of nitrogens with one attached hydrogen (secondary N) is 1. The molecule has 1 rings (SSSR count). The van der Waals surface area contributed by atoms with Crippen LogP contribution in [0.5, 0.6) is 5.75 Å². The highest BCUT2D eigenvalue weighted by Gasteiger charge is 2.10. The Labute approximate surface area is 120 Å². The Morgan fingerprint density at radius 3 is 2.61 bits per heavy atom. The van der Waals surface area contributed by atoms with Crippen molar-refractivity contribution in [3.63, 3.8) is 0 Å². The summed E-state index contributed by atoms with van der Waals surface area (Å²) in [7, 11) is 0. The molecule has 0 bridgehead atoms. The van der Waals surface area contributed by atoms with Gasteiger partial charge in [0.1, 0.15) is 5.75 Å². The Bertz CT molecular complexity index is 369. The zero-order chi connectivity index (χ0) is 13.4. The molecular formula is C14H21Cl2NO. The zero-order valence-electron chi connectivity index (χ0n) is 11.1. The molecule has 0 amide bonds. The van der Waals surface area contributed by atoms with E-state index >= 15 is 0 Å². The highest BCUT2D eigenvalue weighted by molar-refractivity contribution is 6.35. The monoisotopic (exact) mass is 289 g/mol. The first-order chi connectivity index (χ1) is 8.69. The number of hydrogen-bond acceptors (Lipinski definition) is 2. The number of ether oxygens (including phenoxy) is 1. The first-order valence-electron chi connectivity index (χ1n) is 6.50. The van der Waals surface area contributed by atoms with Crippen molar-refractivity contribution < 1.29 is 4.74 Å². The molecular weight excluding hydrogens is 269 g/mol. The summed E-state index contributed by atoms with van der Waals surface area (Å²) in [6.07, 6.45) is 3.23. The highest BCUT2D eigenvalue weighted by atomic mass is 35.5. The van der Waals surface area contributed by atoms with Crippen molar-refractivity contribution in [2.45, 2.75) is 39.7 Å². The fourth-order valence-electron chi connectivity index (χ4n) is 1.63. The van der Waals surface area contributed by atoms with Gasteiger partial charge in [-0.05, 0) is 31.5 Å². The molecule has 0 saturated heterocycles. The molecule has 0 spiro atoms. The lowest BCUT2D eigenvalue weighted by molar-refractivity contribution is 0.305. The van der Waals surface area contributed by atoms with Crippen molar-refractivity contribution in [3.05, 3.63) is 27.7 Å². The van der Waals surface area contributed by atoms with Crippen LogP contribution in [-0.2, 0) is 6.54 Å². The third-order valence-electron chi connectivity index (χ3n) is 2.57. The van der Waals surface area contributed by atoms with Crippen LogP contribution in [0.3, 0.4) is 0 Å².